The molecule has 2 N–H and O–H groups in total. The second-order valence-electron chi connectivity index (χ2n) is 4.25. The average Bonchev–Trinajstić information content (AvgIpc) is 2.60. The Labute approximate surface area is 145 Å². The van der Waals surface area contributed by atoms with Crippen LogP contribution in [-0.2, 0) is 28.5 Å². The summed E-state index contributed by atoms with van der Waals surface area (Å²) < 4.78 is 18.9. The van der Waals surface area contributed by atoms with Crippen LogP contribution in [0.3, 0.4) is 0 Å². The first-order valence-electron chi connectivity index (χ1n) is 7.39. The Hall–Kier alpha value is -3.04. The van der Waals surface area contributed by atoms with Crippen molar-refractivity contribution in [3.63, 3.8) is 0 Å². The lowest BCUT2D eigenvalue weighted by Gasteiger charge is -2.09. The predicted octanol–water partition coefficient (Wildman–Crippen LogP) is 0.635. The molecule has 25 heavy (non-hydrogen) atoms. The molecular formula is C15H22N2O8. The van der Waals surface area contributed by atoms with Crippen LogP contribution < -0.4 is 10.6 Å². The lowest BCUT2D eigenvalue weighted by Crippen LogP contribution is -2.38. The molecule has 140 valence electrons. The summed E-state index contributed by atoms with van der Waals surface area (Å²) in [5, 5.41) is 4.54. The number of rotatable bonds is 12. The minimum Gasteiger partial charge on any atom is -0.462 e. The molecule has 0 spiro atoms. The van der Waals surface area contributed by atoms with Crippen LogP contribution >= 0.6 is 0 Å². The number of ether oxygens (including phenoxy) is 4. The summed E-state index contributed by atoms with van der Waals surface area (Å²) in [6.45, 7) is 6.58. The third-order valence-electron chi connectivity index (χ3n) is 2.33. The van der Waals surface area contributed by atoms with Crippen molar-refractivity contribution in [1.82, 2.24) is 10.6 Å². The zero-order valence-electron chi connectivity index (χ0n) is 13.8. The van der Waals surface area contributed by atoms with E-state index in [-0.39, 0.29) is 33.1 Å². The number of carbonyl (C=O) groups is 4. The molecule has 0 heterocycles. The quantitative estimate of drug-likeness (QED) is 0.171. The van der Waals surface area contributed by atoms with E-state index in [1.165, 1.54) is 0 Å². The van der Waals surface area contributed by atoms with Crippen LogP contribution in [0.2, 0.25) is 0 Å². The second kappa shape index (κ2) is 14.5. The van der Waals surface area contributed by atoms with E-state index in [9.17, 15) is 19.2 Å². The van der Waals surface area contributed by atoms with Crippen LogP contribution in [-0.4, -0.2) is 57.2 Å². The Morgan fingerprint density at radius 3 is 1.40 bits per heavy atom. The number of alkyl carbamates (subject to hydrolysis) is 2. The van der Waals surface area contributed by atoms with Crippen molar-refractivity contribution < 1.29 is 38.1 Å². The molecule has 0 aliphatic heterocycles. The molecule has 10 heteroatoms. The van der Waals surface area contributed by atoms with E-state index in [1.54, 1.807) is 0 Å². The zero-order chi connectivity index (χ0) is 18.9. The van der Waals surface area contributed by atoms with Gasteiger partial charge in [0.05, 0.1) is 33.1 Å². The molecule has 0 aromatic heterocycles. The zero-order valence-corrected chi connectivity index (χ0v) is 13.8. The Bertz CT molecular complexity index is 436. The molecule has 0 rings (SSSR count). The lowest BCUT2D eigenvalue weighted by molar-refractivity contribution is -0.138. The fourth-order valence-electron chi connectivity index (χ4n) is 1.20. The minimum absolute atomic E-state index is 0.0458. The molecule has 10 nitrogen and oxygen atoms in total. The van der Waals surface area contributed by atoms with Gasteiger partial charge in [-0.15, -0.1) is 0 Å². The molecule has 0 fully saturated rings. The van der Waals surface area contributed by atoms with E-state index >= 15 is 0 Å². The van der Waals surface area contributed by atoms with Crippen LogP contribution in [0.4, 0.5) is 9.59 Å². The van der Waals surface area contributed by atoms with E-state index < -0.39 is 24.1 Å². The van der Waals surface area contributed by atoms with Crippen molar-refractivity contribution in [2.45, 2.75) is 12.8 Å². The van der Waals surface area contributed by atoms with Crippen LogP contribution in [0.15, 0.2) is 25.3 Å². The maximum atomic E-state index is 11.3. The van der Waals surface area contributed by atoms with E-state index in [0.29, 0.717) is 12.8 Å². The summed E-state index contributed by atoms with van der Waals surface area (Å²) >= 11 is 0. The van der Waals surface area contributed by atoms with Gasteiger partial charge in [0, 0.05) is 25.0 Å². The van der Waals surface area contributed by atoms with Crippen LogP contribution in [0.1, 0.15) is 12.8 Å². The van der Waals surface area contributed by atoms with Crippen molar-refractivity contribution in [3.8, 4) is 0 Å². The smallest absolute Gasteiger partial charge is 0.408 e. The van der Waals surface area contributed by atoms with Crippen molar-refractivity contribution in [2.75, 3.05) is 33.1 Å². The van der Waals surface area contributed by atoms with Crippen molar-refractivity contribution in [1.29, 1.82) is 0 Å². The number of hydrogen-bond donors (Lipinski definition) is 2. The first kappa shape index (κ1) is 22.0. The van der Waals surface area contributed by atoms with Crippen molar-refractivity contribution in [2.24, 2.45) is 0 Å². The van der Waals surface area contributed by atoms with Gasteiger partial charge < -0.3 is 29.6 Å². The average molecular weight is 358 g/mol. The van der Waals surface area contributed by atoms with Crippen LogP contribution in [0.25, 0.3) is 0 Å². The summed E-state index contributed by atoms with van der Waals surface area (Å²) in [5.74, 6) is -1.10. The third kappa shape index (κ3) is 14.3. The number of amides is 2. The standard InChI is InChI=1S/C15H22N2O8/c1-3-12(18)22-7-5-9-24-14(20)16-11-17-15(21)25-10-6-8-23-13(19)4-2/h3-4H,1-2,5-11H2,(H,16,20)(H,17,21). The van der Waals surface area contributed by atoms with Gasteiger partial charge in [0.15, 0.2) is 0 Å². The molecule has 0 unspecified atom stereocenters. The normalized spacial score (nSPS) is 9.28. The predicted molar refractivity (Wildman–Crippen MR) is 85.4 cm³/mol. The van der Waals surface area contributed by atoms with Crippen molar-refractivity contribution in [3.05, 3.63) is 25.3 Å². The van der Waals surface area contributed by atoms with Gasteiger partial charge in [-0.2, -0.15) is 0 Å². The topological polar surface area (TPSA) is 129 Å². The van der Waals surface area contributed by atoms with Crippen LogP contribution in [0, 0.1) is 0 Å². The summed E-state index contributed by atoms with van der Waals surface area (Å²) in [5.41, 5.74) is 0. The highest BCUT2D eigenvalue weighted by Gasteiger charge is 2.05. The van der Waals surface area contributed by atoms with Gasteiger partial charge in [0.25, 0.3) is 0 Å². The largest absolute Gasteiger partial charge is 0.462 e. The second-order valence-corrected chi connectivity index (χ2v) is 4.25. The number of hydrogen-bond acceptors (Lipinski definition) is 8. The summed E-state index contributed by atoms with van der Waals surface area (Å²) in [7, 11) is 0. The molecule has 0 aliphatic carbocycles. The van der Waals surface area contributed by atoms with Gasteiger partial charge in [0.2, 0.25) is 0 Å². The van der Waals surface area contributed by atoms with E-state index in [1.807, 2.05) is 0 Å². The summed E-state index contributed by atoms with van der Waals surface area (Å²) in [6.07, 6.45) is 1.24. The highest BCUT2D eigenvalue weighted by molar-refractivity contribution is 5.81. The maximum Gasteiger partial charge on any atom is 0.408 e. The SMILES string of the molecule is C=CC(=O)OCCCOC(=O)NCNC(=O)OCCCOC(=O)C=C. The lowest BCUT2D eigenvalue weighted by atomic mass is 10.5. The molecule has 0 saturated heterocycles. The molecule has 0 aromatic carbocycles. The van der Waals surface area contributed by atoms with Gasteiger partial charge in [-0.1, -0.05) is 13.2 Å². The Morgan fingerprint density at radius 2 is 1.04 bits per heavy atom. The highest BCUT2D eigenvalue weighted by atomic mass is 16.6. The third-order valence-corrected chi connectivity index (χ3v) is 2.33. The molecule has 0 saturated carbocycles. The van der Waals surface area contributed by atoms with E-state index in [0.717, 1.165) is 12.2 Å². The highest BCUT2D eigenvalue weighted by Crippen LogP contribution is 1.89. The van der Waals surface area contributed by atoms with Gasteiger partial charge in [-0.25, -0.2) is 19.2 Å². The molecule has 0 atom stereocenters. The van der Waals surface area contributed by atoms with E-state index in [4.69, 9.17) is 9.47 Å². The molecule has 0 aromatic rings. The Kier molecular flexibility index (Phi) is 12.8. The molecule has 2 amide bonds. The molecular weight excluding hydrogens is 336 g/mol. The number of carbonyl (C=O) groups excluding carboxylic acids is 4. The first-order valence-corrected chi connectivity index (χ1v) is 7.39. The number of nitrogens with one attached hydrogen (secondary N) is 2. The number of esters is 2. The Balaban J connectivity index is 3.49. The van der Waals surface area contributed by atoms with Crippen molar-refractivity contribution >= 4 is 24.1 Å². The molecule has 0 bridgehead atoms. The fraction of sp³-hybridized carbons (Fsp3) is 0.467. The monoisotopic (exact) mass is 358 g/mol. The van der Waals surface area contributed by atoms with Crippen LogP contribution in [0.5, 0.6) is 0 Å². The molecule has 0 radical (unpaired) electrons. The summed E-state index contributed by atoms with van der Waals surface area (Å²) in [6, 6.07) is 0. The first-order chi connectivity index (χ1) is 12.0. The van der Waals surface area contributed by atoms with E-state index in [2.05, 4.69) is 33.3 Å². The van der Waals surface area contributed by atoms with Gasteiger partial charge in [-0.3, -0.25) is 0 Å². The minimum atomic E-state index is -0.744. The molecule has 0 aliphatic rings. The van der Waals surface area contributed by atoms with Gasteiger partial charge >= 0.3 is 24.1 Å². The summed E-state index contributed by atoms with van der Waals surface area (Å²) in [4.78, 5) is 44.0. The maximum absolute atomic E-state index is 11.3. The fourth-order valence-corrected chi connectivity index (χ4v) is 1.20. The van der Waals surface area contributed by atoms with Gasteiger partial charge in [-0.05, 0) is 0 Å². The Morgan fingerprint density at radius 1 is 0.680 bits per heavy atom. The van der Waals surface area contributed by atoms with Gasteiger partial charge in [0.1, 0.15) is 0 Å².